The molecule has 1 aromatic rings. The van der Waals surface area contributed by atoms with Gasteiger partial charge in [0, 0.05) is 12.7 Å². The fraction of sp³-hybridized carbons (Fsp3) is 0.357. The second-order valence-corrected chi connectivity index (χ2v) is 4.07. The number of methoxy groups -OCH3 is 2. The Labute approximate surface area is 101 Å². The molecule has 0 bridgehead atoms. The van der Waals surface area contributed by atoms with Crippen molar-refractivity contribution in [3.63, 3.8) is 0 Å². The van der Waals surface area contributed by atoms with Gasteiger partial charge in [-0.2, -0.15) is 0 Å². The molecule has 0 saturated carbocycles. The minimum atomic E-state index is -0.904. The molecular formula is C14H16O3. The molecule has 2 rings (SSSR count). The summed E-state index contributed by atoms with van der Waals surface area (Å²) in [6.45, 7) is 3.81. The predicted molar refractivity (Wildman–Crippen MR) is 65.4 cm³/mol. The molecule has 1 aliphatic carbocycles. The average Bonchev–Trinajstić information content (AvgIpc) is 2.38. The molecule has 3 heteroatoms. The van der Waals surface area contributed by atoms with E-state index in [1.807, 2.05) is 32.1 Å². The monoisotopic (exact) mass is 232 g/mol. The molecule has 1 aromatic carbocycles. The van der Waals surface area contributed by atoms with Gasteiger partial charge in [-0.3, -0.25) is 4.79 Å². The Bertz CT molecular complexity index is 502. The molecule has 1 atom stereocenters. The summed E-state index contributed by atoms with van der Waals surface area (Å²) in [6.07, 6.45) is 1.91. The summed E-state index contributed by atoms with van der Waals surface area (Å²) in [6, 6.07) is 5.58. The summed E-state index contributed by atoms with van der Waals surface area (Å²) in [5.74, 6) is 0.590. The van der Waals surface area contributed by atoms with Crippen LogP contribution in [0, 0.1) is 0 Å². The molecule has 0 N–H and O–H groups in total. The van der Waals surface area contributed by atoms with Crippen LogP contribution in [0.3, 0.4) is 0 Å². The topological polar surface area (TPSA) is 35.5 Å². The van der Waals surface area contributed by atoms with Gasteiger partial charge in [0.05, 0.1) is 12.7 Å². The zero-order valence-electron chi connectivity index (χ0n) is 10.5. The average molecular weight is 232 g/mol. The van der Waals surface area contributed by atoms with Gasteiger partial charge in [0.15, 0.2) is 5.60 Å². The number of fused-ring (bicyclic) bond motifs is 1. The van der Waals surface area contributed by atoms with E-state index in [1.165, 1.54) is 0 Å². The van der Waals surface area contributed by atoms with E-state index >= 15 is 0 Å². The second kappa shape index (κ2) is 4.00. The van der Waals surface area contributed by atoms with Gasteiger partial charge >= 0.3 is 0 Å². The van der Waals surface area contributed by atoms with Crippen molar-refractivity contribution in [1.82, 2.24) is 0 Å². The molecule has 1 unspecified atom stereocenters. The van der Waals surface area contributed by atoms with Crippen LogP contribution < -0.4 is 4.74 Å². The molecule has 3 nitrogen and oxygen atoms in total. The Morgan fingerprint density at radius 2 is 2.06 bits per heavy atom. The number of rotatable bonds is 3. The highest BCUT2D eigenvalue weighted by atomic mass is 16.5. The van der Waals surface area contributed by atoms with Gasteiger partial charge < -0.3 is 9.47 Å². The third-order valence-electron chi connectivity index (χ3n) is 3.47. The van der Waals surface area contributed by atoms with Crippen molar-refractivity contribution >= 4 is 5.78 Å². The Morgan fingerprint density at radius 1 is 1.35 bits per heavy atom. The van der Waals surface area contributed by atoms with Crippen molar-refractivity contribution in [2.45, 2.75) is 19.4 Å². The van der Waals surface area contributed by atoms with Gasteiger partial charge in [0.1, 0.15) is 5.75 Å². The summed E-state index contributed by atoms with van der Waals surface area (Å²) in [4.78, 5) is 12.3. The first kappa shape index (κ1) is 11.9. The molecule has 0 spiro atoms. The maximum atomic E-state index is 12.3. The summed E-state index contributed by atoms with van der Waals surface area (Å²) in [7, 11) is 3.13. The zero-order chi connectivity index (χ0) is 12.6. The van der Waals surface area contributed by atoms with Gasteiger partial charge in [0.25, 0.3) is 0 Å². The smallest absolute Gasteiger partial charge is 0.207 e. The van der Waals surface area contributed by atoms with E-state index in [0.29, 0.717) is 11.3 Å². The summed E-state index contributed by atoms with van der Waals surface area (Å²) in [5, 5.41) is 0. The number of Topliss-reactive ketones (excluding diaryl/α,β-unsaturated/α-hetero) is 1. The third kappa shape index (κ3) is 1.29. The van der Waals surface area contributed by atoms with E-state index in [9.17, 15) is 4.79 Å². The molecule has 0 heterocycles. The van der Waals surface area contributed by atoms with E-state index in [4.69, 9.17) is 9.47 Å². The lowest BCUT2D eigenvalue weighted by Gasteiger charge is -2.42. The number of carbonyl (C=O) groups excluding carboxylic acids is 1. The number of hydrogen-bond acceptors (Lipinski definition) is 3. The minimum Gasteiger partial charge on any atom is -0.496 e. The maximum absolute atomic E-state index is 12.3. The highest BCUT2D eigenvalue weighted by Gasteiger charge is 2.54. The van der Waals surface area contributed by atoms with E-state index in [0.717, 1.165) is 11.1 Å². The summed E-state index contributed by atoms with van der Waals surface area (Å²) >= 11 is 0. The van der Waals surface area contributed by atoms with Crippen LogP contribution in [-0.4, -0.2) is 20.0 Å². The lowest BCUT2D eigenvalue weighted by molar-refractivity contribution is 0.00795. The molecule has 17 heavy (non-hydrogen) atoms. The molecule has 90 valence electrons. The molecule has 0 saturated heterocycles. The standard InChI is InChI=1S/C14H16O3/c1-5-9(2)14(17-4)10-7-6-8-11(16-3)12(10)13(14)15/h5-8H,1-4H3/b9-5+. The molecule has 0 amide bonds. The molecule has 0 fully saturated rings. The highest BCUT2D eigenvalue weighted by molar-refractivity contribution is 6.16. The van der Waals surface area contributed by atoms with Crippen molar-refractivity contribution in [2.24, 2.45) is 0 Å². The maximum Gasteiger partial charge on any atom is 0.207 e. The van der Waals surface area contributed by atoms with Crippen LogP contribution >= 0.6 is 0 Å². The van der Waals surface area contributed by atoms with Crippen LogP contribution in [0.2, 0.25) is 0 Å². The number of allylic oxidation sites excluding steroid dienone is 1. The van der Waals surface area contributed by atoms with Crippen molar-refractivity contribution in [3.8, 4) is 5.75 Å². The van der Waals surface area contributed by atoms with E-state index < -0.39 is 5.60 Å². The van der Waals surface area contributed by atoms with Gasteiger partial charge in [0.2, 0.25) is 5.78 Å². The fourth-order valence-corrected chi connectivity index (χ4v) is 2.42. The van der Waals surface area contributed by atoms with Crippen LogP contribution in [-0.2, 0) is 10.3 Å². The third-order valence-corrected chi connectivity index (χ3v) is 3.47. The summed E-state index contributed by atoms with van der Waals surface area (Å²) in [5.41, 5.74) is 1.53. The molecule has 0 radical (unpaired) electrons. The van der Waals surface area contributed by atoms with Crippen molar-refractivity contribution in [1.29, 1.82) is 0 Å². The van der Waals surface area contributed by atoms with Gasteiger partial charge in [-0.05, 0) is 25.5 Å². The Morgan fingerprint density at radius 3 is 2.59 bits per heavy atom. The first-order valence-corrected chi connectivity index (χ1v) is 5.54. The number of benzene rings is 1. The van der Waals surface area contributed by atoms with Crippen molar-refractivity contribution in [3.05, 3.63) is 41.0 Å². The molecule has 0 aromatic heterocycles. The van der Waals surface area contributed by atoms with Crippen LogP contribution in [0.4, 0.5) is 0 Å². The van der Waals surface area contributed by atoms with Gasteiger partial charge in [-0.1, -0.05) is 18.2 Å². The Hall–Kier alpha value is -1.61. The first-order valence-electron chi connectivity index (χ1n) is 5.54. The quantitative estimate of drug-likeness (QED) is 0.752. The number of carbonyl (C=O) groups is 1. The Kier molecular flexibility index (Phi) is 2.79. The van der Waals surface area contributed by atoms with E-state index in [-0.39, 0.29) is 5.78 Å². The largest absolute Gasteiger partial charge is 0.496 e. The number of ketones is 1. The lowest BCUT2D eigenvalue weighted by Crippen LogP contribution is -2.49. The predicted octanol–water partition coefficient (Wildman–Crippen LogP) is 2.70. The van der Waals surface area contributed by atoms with Gasteiger partial charge in [-0.25, -0.2) is 0 Å². The lowest BCUT2D eigenvalue weighted by atomic mass is 9.67. The normalized spacial score (nSPS) is 23.1. The van der Waals surface area contributed by atoms with E-state index in [1.54, 1.807) is 20.3 Å². The van der Waals surface area contributed by atoms with Crippen LogP contribution in [0.1, 0.15) is 29.8 Å². The van der Waals surface area contributed by atoms with Crippen LogP contribution in [0.25, 0.3) is 0 Å². The van der Waals surface area contributed by atoms with Crippen molar-refractivity contribution < 1.29 is 14.3 Å². The second-order valence-electron chi connectivity index (χ2n) is 4.07. The van der Waals surface area contributed by atoms with E-state index in [2.05, 4.69) is 0 Å². The van der Waals surface area contributed by atoms with Crippen LogP contribution in [0.15, 0.2) is 29.8 Å². The zero-order valence-corrected chi connectivity index (χ0v) is 10.5. The molecule has 1 aliphatic rings. The fourth-order valence-electron chi connectivity index (χ4n) is 2.42. The van der Waals surface area contributed by atoms with Crippen LogP contribution in [0.5, 0.6) is 5.75 Å². The molecular weight excluding hydrogens is 216 g/mol. The minimum absolute atomic E-state index is 0.0250. The molecule has 0 aliphatic heterocycles. The van der Waals surface area contributed by atoms with Gasteiger partial charge in [-0.15, -0.1) is 0 Å². The van der Waals surface area contributed by atoms with Crippen molar-refractivity contribution in [2.75, 3.05) is 14.2 Å². The number of hydrogen-bond donors (Lipinski definition) is 0. The Balaban J connectivity index is 2.65. The first-order chi connectivity index (χ1) is 8.13. The number of ether oxygens (including phenoxy) is 2. The SMILES string of the molecule is C/C=C(\C)C1(OC)C(=O)c2c(OC)cccc21. The highest BCUT2D eigenvalue weighted by Crippen LogP contribution is 2.49. The summed E-state index contributed by atoms with van der Waals surface area (Å²) < 4.78 is 10.7.